The summed E-state index contributed by atoms with van der Waals surface area (Å²) in [7, 11) is 1.97. The molecule has 1 heterocycles. The Hall–Kier alpha value is -1.61. The maximum absolute atomic E-state index is 4.26. The molecule has 21 heavy (non-hydrogen) atoms. The first-order valence-corrected chi connectivity index (χ1v) is 7.88. The van der Waals surface area contributed by atoms with Gasteiger partial charge in [-0.05, 0) is 61.9 Å². The summed E-state index contributed by atoms with van der Waals surface area (Å²) in [6.07, 6.45) is 7.41. The zero-order chi connectivity index (χ0) is 15.2. The first-order chi connectivity index (χ1) is 10.1. The minimum Gasteiger partial charge on any atom is -0.310 e. The third kappa shape index (κ3) is 4.18. The molecule has 2 aromatic rings. The predicted molar refractivity (Wildman–Crippen MR) is 88.5 cm³/mol. The lowest BCUT2D eigenvalue weighted by atomic mass is 9.92. The summed E-state index contributed by atoms with van der Waals surface area (Å²) in [6, 6.07) is 7.00. The fourth-order valence-electron chi connectivity index (χ4n) is 2.96. The predicted octanol–water partition coefficient (Wildman–Crippen LogP) is 3.71. The van der Waals surface area contributed by atoms with Crippen LogP contribution in [0.15, 0.2) is 30.6 Å². The fourth-order valence-corrected chi connectivity index (χ4v) is 2.96. The number of aromatic nitrogens is 2. The molecule has 0 bridgehead atoms. The molecule has 0 spiro atoms. The molecule has 1 atom stereocenters. The molecule has 0 fully saturated rings. The van der Waals surface area contributed by atoms with Gasteiger partial charge in [-0.1, -0.05) is 25.1 Å². The van der Waals surface area contributed by atoms with Crippen LogP contribution in [0.5, 0.6) is 0 Å². The van der Waals surface area contributed by atoms with Crippen LogP contribution in [0.2, 0.25) is 0 Å². The number of nitrogens with one attached hydrogen (secondary N) is 1. The zero-order valence-corrected chi connectivity index (χ0v) is 13.7. The molecule has 0 aliphatic carbocycles. The third-order valence-corrected chi connectivity index (χ3v) is 4.01. The summed E-state index contributed by atoms with van der Waals surface area (Å²) >= 11 is 0. The van der Waals surface area contributed by atoms with Crippen LogP contribution in [0.3, 0.4) is 0 Å². The van der Waals surface area contributed by atoms with Gasteiger partial charge in [0.15, 0.2) is 0 Å². The van der Waals surface area contributed by atoms with Gasteiger partial charge in [-0.15, -0.1) is 0 Å². The molecule has 3 nitrogen and oxygen atoms in total. The van der Waals surface area contributed by atoms with Crippen molar-refractivity contribution in [2.24, 2.45) is 7.05 Å². The molecule has 0 aliphatic rings. The SMILES string of the molecule is CCCNC(CCc1cnn(C)c1)c1c(C)cccc1C. The summed E-state index contributed by atoms with van der Waals surface area (Å²) in [4.78, 5) is 0. The van der Waals surface area contributed by atoms with E-state index in [0.29, 0.717) is 6.04 Å². The van der Waals surface area contributed by atoms with Crippen LogP contribution in [0, 0.1) is 13.8 Å². The Morgan fingerprint density at radius 3 is 2.52 bits per heavy atom. The number of benzene rings is 1. The van der Waals surface area contributed by atoms with Crippen molar-refractivity contribution in [3.63, 3.8) is 0 Å². The van der Waals surface area contributed by atoms with Crippen molar-refractivity contribution in [3.8, 4) is 0 Å². The van der Waals surface area contributed by atoms with Crippen LogP contribution in [0.25, 0.3) is 0 Å². The second kappa shape index (κ2) is 7.41. The van der Waals surface area contributed by atoms with Crippen LogP contribution in [0.4, 0.5) is 0 Å². The van der Waals surface area contributed by atoms with Gasteiger partial charge in [-0.2, -0.15) is 5.10 Å². The Morgan fingerprint density at radius 2 is 1.95 bits per heavy atom. The lowest BCUT2D eigenvalue weighted by molar-refractivity contribution is 0.495. The molecule has 0 saturated carbocycles. The van der Waals surface area contributed by atoms with Crippen molar-refractivity contribution in [3.05, 3.63) is 52.8 Å². The molecule has 1 aromatic heterocycles. The van der Waals surface area contributed by atoms with Gasteiger partial charge < -0.3 is 5.32 Å². The fraction of sp³-hybridized carbons (Fsp3) is 0.500. The number of nitrogens with zero attached hydrogens (tertiary/aromatic N) is 2. The average molecular weight is 285 g/mol. The van der Waals surface area contributed by atoms with Crippen LogP contribution in [-0.4, -0.2) is 16.3 Å². The van der Waals surface area contributed by atoms with Crippen molar-refractivity contribution in [1.29, 1.82) is 0 Å². The topological polar surface area (TPSA) is 29.9 Å². The van der Waals surface area contributed by atoms with E-state index < -0.39 is 0 Å². The van der Waals surface area contributed by atoms with E-state index in [-0.39, 0.29) is 0 Å². The van der Waals surface area contributed by atoms with Gasteiger partial charge in [-0.25, -0.2) is 0 Å². The Morgan fingerprint density at radius 1 is 1.24 bits per heavy atom. The van der Waals surface area contributed by atoms with Crippen LogP contribution in [-0.2, 0) is 13.5 Å². The molecule has 1 unspecified atom stereocenters. The largest absolute Gasteiger partial charge is 0.310 e. The first kappa shape index (κ1) is 15.8. The van der Waals surface area contributed by atoms with Gasteiger partial charge in [0, 0.05) is 19.3 Å². The maximum Gasteiger partial charge on any atom is 0.0521 e. The van der Waals surface area contributed by atoms with E-state index in [2.05, 4.69) is 55.6 Å². The van der Waals surface area contributed by atoms with E-state index >= 15 is 0 Å². The second-order valence-corrected chi connectivity index (χ2v) is 5.87. The molecule has 114 valence electrons. The summed E-state index contributed by atoms with van der Waals surface area (Å²) in [5.74, 6) is 0. The van der Waals surface area contributed by atoms with E-state index in [1.54, 1.807) is 0 Å². The maximum atomic E-state index is 4.26. The third-order valence-electron chi connectivity index (χ3n) is 4.01. The molecule has 0 amide bonds. The lowest BCUT2D eigenvalue weighted by Gasteiger charge is -2.23. The van der Waals surface area contributed by atoms with Gasteiger partial charge in [0.05, 0.1) is 6.20 Å². The van der Waals surface area contributed by atoms with Crippen LogP contribution in [0.1, 0.15) is 48.1 Å². The molecular weight excluding hydrogens is 258 g/mol. The number of aryl methyl sites for hydroxylation is 4. The summed E-state index contributed by atoms with van der Waals surface area (Å²) in [5.41, 5.74) is 5.55. The van der Waals surface area contributed by atoms with E-state index in [1.807, 2.05) is 17.9 Å². The lowest BCUT2D eigenvalue weighted by Crippen LogP contribution is -2.24. The standard InChI is InChI=1S/C18H27N3/c1-5-11-19-17(10-9-16-12-20-21(4)13-16)18-14(2)7-6-8-15(18)3/h6-8,12-13,17,19H,5,9-11H2,1-4H3. The van der Waals surface area contributed by atoms with E-state index in [9.17, 15) is 0 Å². The van der Waals surface area contributed by atoms with Gasteiger partial charge in [0.1, 0.15) is 0 Å². The number of rotatable bonds is 7. The monoisotopic (exact) mass is 285 g/mol. The van der Waals surface area contributed by atoms with Crippen molar-refractivity contribution < 1.29 is 0 Å². The van der Waals surface area contributed by atoms with Crippen molar-refractivity contribution in [1.82, 2.24) is 15.1 Å². The molecule has 0 aliphatic heterocycles. The molecule has 1 aromatic carbocycles. The van der Waals surface area contributed by atoms with Crippen molar-refractivity contribution >= 4 is 0 Å². The Labute approximate surface area is 128 Å². The molecule has 2 rings (SSSR count). The minimum absolute atomic E-state index is 0.423. The van der Waals surface area contributed by atoms with Gasteiger partial charge in [-0.3, -0.25) is 4.68 Å². The number of hydrogen-bond donors (Lipinski definition) is 1. The molecular formula is C18H27N3. The molecule has 0 saturated heterocycles. The highest BCUT2D eigenvalue weighted by Gasteiger charge is 2.15. The minimum atomic E-state index is 0.423. The second-order valence-electron chi connectivity index (χ2n) is 5.87. The summed E-state index contributed by atoms with van der Waals surface area (Å²) in [5, 5.41) is 7.98. The quantitative estimate of drug-likeness (QED) is 0.840. The van der Waals surface area contributed by atoms with Crippen molar-refractivity contribution in [2.75, 3.05) is 6.54 Å². The van der Waals surface area contributed by atoms with E-state index in [1.165, 1.54) is 22.3 Å². The summed E-state index contributed by atoms with van der Waals surface area (Å²) < 4.78 is 1.88. The van der Waals surface area contributed by atoms with E-state index in [4.69, 9.17) is 0 Å². The Kier molecular flexibility index (Phi) is 5.57. The van der Waals surface area contributed by atoms with Crippen LogP contribution < -0.4 is 5.32 Å². The average Bonchev–Trinajstić information content (AvgIpc) is 2.86. The molecule has 0 radical (unpaired) electrons. The summed E-state index contributed by atoms with van der Waals surface area (Å²) in [6.45, 7) is 7.71. The zero-order valence-electron chi connectivity index (χ0n) is 13.7. The smallest absolute Gasteiger partial charge is 0.0521 e. The highest BCUT2D eigenvalue weighted by atomic mass is 15.2. The molecule has 3 heteroatoms. The normalized spacial score (nSPS) is 12.6. The number of hydrogen-bond acceptors (Lipinski definition) is 2. The van der Waals surface area contributed by atoms with Gasteiger partial charge in [0.2, 0.25) is 0 Å². The van der Waals surface area contributed by atoms with Gasteiger partial charge >= 0.3 is 0 Å². The van der Waals surface area contributed by atoms with Crippen LogP contribution >= 0.6 is 0 Å². The van der Waals surface area contributed by atoms with Crippen molar-refractivity contribution in [2.45, 2.75) is 46.1 Å². The first-order valence-electron chi connectivity index (χ1n) is 7.88. The van der Waals surface area contributed by atoms with E-state index in [0.717, 1.165) is 25.8 Å². The Balaban J connectivity index is 2.13. The highest BCUT2D eigenvalue weighted by Crippen LogP contribution is 2.25. The Bertz CT molecular complexity index is 551. The molecule has 1 N–H and O–H groups in total. The van der Waals surface area contributed by atoms with Gasteiger partial charge in [0.25, 0.3) is 0 Å². The highest BCUT2D eigenvalue weighted by molar-refractivity contribution is 5.36.